The van der Waals surface area contributed by atoms with Gasteiger partial charge in [-0.1, -0.05) is 24.3 Å². The number of nitrogens with zero attached hydrogens (tertiary/aromatic N) is 6. The number of rotatable bonds is 18. The number of hydrogen-bond acceptors (Lipinski definition) is 11. The largest absolute Gasteiger partial charge is 0.444 e. The molecule has 2 aliphatic rings. The molecule has 0 bridgehead atoms. The Morgan fingerprint density at radius 2 is 1.26 bits per heavy atom. The van der Waals surface area contributed by atoms with E-state index in [1.54, 1.807) is 42.1 Å². The van der Waals surface area contributed by atoms with Crippen LogP contribution in [0.2, 0.25) is 0 Å². The van der Waals surface area contributed by atoms with Crippen LogP contribution in [0.15, 0.2) is 48.5 Å². The van der Waals surface area contributed by atoms with Crippen LogP contribution in [0.4, 0.5) is 4.79 Å². The summed E-state index contributed by atoms with van der Waals surface area (Å²) >= 11 is 0. The Balaban J connectivity index is 0.000000238. The number of amides is 3. The van der Waals surface area contributed by atoms with E-state index < -0.39 is 17.7 Å². The van der Waals surface area contributed by atoms with Gasteiger partial charge in [-0.15, -0.1) is 0 Å². The number of ether oxygens (including phenoxy) is 4. The maximum atomic E-state index is 13.1. The number of benzene rings is 2. The van der Waals surface area contributed by atoms with E-state index in [1.165, 1.54) is 0 Å². The number of carbonyl (C=O) groups excluding carboxylic acids is 3. The molecule has 4 aromatic rings. The maximum Gasteiger partial charge on any atom is 0.407 e. The first-order valence-corrected chi connectivity index (χ1v) is 22.1. The summed E-state index contributed by atoms with van der Waals surface area (Å²) in [7, 11) is 5.04. The standard InChI is InChI=1S/C25H38N4O5.C21H32N4O3/c1-25(2,3)34-24(32)26-19(17-30)15-22(31)28-12-7-9-18(16-28)23-27-20-10-5-6-11-21(20)29(23)13-8-14-33-4;1-27-12-6-11-25-19-9-4-3-8-18(19)23-21(25)16-7-5-10-24(14-16)20(26)13-17(22)15-28-2/h5-6,10-11,18-19,30H,7-9,12-17H2,1-4H3,(H,26,32);3-4,8-9,16-17H,5-7,10-15,22H2,1-2H3/t18-,19+;16-,17+/m11/s1. The number of fused-ring (bicyclic) bond motifs is 2. The van der Waals surface area contributed by atoms with Crippen molar-refractivity contribution in [3.8, 4) is 0 Å². The number of likely N-dealkylation sites (tertiary alicyclic amines) is 2. The molecule has 2 aromatic heterocycles. The third-order valence-electron chi connectivity index (χ3n) is 11.3. The summed E-state index contributed by atoms with van der Waals surface area (Å²) in [6.07, 6.45) is 5.38. The van der Waals surface area contributed by atoms with E-state index in [-0.39, 0.29) is 42.7 Å². The highest BCUT2D eigenvalue weighted by molar-refractivity contribution is 5.79. The second kappa shape index (κ2) is 23.7. The van der Waals surface area contributed by atoms with Gasteiger partial charge < -0.3 is 54.0 Å². The van der Waals surface area contributed by atoms with Crippen molar-refractivity contribution in [2.24, 2.45) is 5.73 Å². The molecule has 4 heterocycles. The Hall–Kier alpha value is -4.61. The number of aliphatic hydroxyl groups is 1. The van der Waals surface area contributed by atoms with Crippen LogP contribution in [0, 0.1) is 0 Å². The molecule has 2 fully saturated rings. The van der Waals surface area contributed by atoms with Gasteiger partial charge in [-0.2, -0.15) is 0 Å². The third kappa shape index (κ3) is 13.7. The first-order chi connectivity index (χ1) is 29.8. The molecule has 16 heteroatoms. The molecule has 4 atom stereocenters. The highest BCUT2D eigenvalue weighted by atomic mass is 16.6. The number of aryl methyl sites for hydroxylation is 2. The zero-order chi connectivity index (χ0) is 44.6. The van der Waals surface area contributed by atoms with Crippen molar-refractivity contribution >= 4 is 40.0 Å². The second-order valence-corrected chi connectivity index (χ2v) is 17.4. The van der Waals surface area contributed by atoms with Crippen molar-refractivity contribution in [1.29, 1.82) is 0 Å². The van der Waals surface area contributed by atoms with Crippen molar-refractivity contribution < 1.29 is 38.4 Å². The number of nitrogens with two attached hydrogens (primary N) is 1. The third-order valence-corrected chi connectivity index (χ3v) is 11.3. The highest BCUT2D eigenvalue weighted by Crippen LogP contribution is 2.32. The van der Waals surface area contributed by atoms with Crippen molar-refractivity contribution in [3.63, 3.8) is 0 Å². The fourth-order valence-electron chi connectivity index (χ4n) is 8.45. The summed E-state index contributed by atoms with van der Waals surface area (Å²) in [5, 5.41) is 12.3. The average molecular weight is 863 g/mol. The van der Waals surface area contributed by atoms with Crippen LogP contribution in [0.1, 0.15) is 95.6 Å². The van der Waals surface area contributed by atoms with Gasteiger partial charge in [0, 0.05) is 105 Å². The summed E-state index contributed by atoms with van der Waals surface area (Å²) in [5.74, 6) is 2.46. The fraction of sp³-hybridized carbons (Fsp3) is 0.630. The lowest BCUT2D eigenvalue weighted by Gasteiger charge is -2.33. The Kier molecular flexibility index (Phi) is 18.5. The molecule has 3 amide bonds. The molecule has 0 radical (unpaired) electrons. The minimum Gasteiger partial charge on any atom is -0.444 e. The van der Waals surface area contributed by atoms with Gasteiger partial charge in [0.1, 0.15) is 17.2 Å². The number of methoxy groups -OCH3 is 3. The molecule has 6 rings (SSSR count). The zero-order valence-electron chi connectivity index (χ0n) is 37.7. The van der Waals surface area contributed by atoms with Gasteiger partial charge in [0.25, 0.3) is 0 Å². The van der Waals surface area contributed by atoms with E-state index in [4.69, 9.17) is 34.6 Å². The summed E-state index contributed by atoms with van der Waals surface area (Å²) in [6, 6.07) is 15.4. The van der Waals surface area contributed by atoms with Crippen molar-refractivity contribution in [3.05, 3.63) is 60.2 Å². The molecular formula is C46H70N8O8. The van der Waals surface area contributed by atoms with Crippen LogP contribution in [-0.2, 0) is 41.6 Å². The maximum absolute atomic E-state index is 13.1. The summed E-state index contributed by atoms with van der Waals surface area (Å²) in [5.41, 5.74) is 9.55. The van der Waals surface area contributed by atoms with E-state index in [0.29, 0.717) is 39.3 Å². The monoisotopic (exact) mass is 863 g/mol. The van der Waals surface area contributed by atoms with Crippen molar-refractivity contribution in [2.45, 2.75) is 115 Å². The fourth-order valence-corrected chi connectivity index (χ4v) is 8.45. The van der Waals surface area contributed by atoms with Crippen LogP contribution in [-0.4, -0.2) is 144 Å². The SMILES string of the molecule is COCCCn1c([C@@H]2CCCN(C(=O)C[C@@H](CO)NC(=O)OC(C)(C)C)C2)nc2ccccc21.COCCCn1c([C@@H]2CCCN(C(=O)C[C@H](N)COC)C2)nc2ccccc21. The lowest BCUT2D eigenvalue weighted by molar-refractivity contribution is -0.134. The molecule has 0 aliphatic carbocycles. The second-order valence-electron chi connectivity index (χ2n) is 17.4. The molecule has 342 valence electrons. The molecule has 0 spiro atoms. The molecule has 2 aromatic carbocycles. The molecule has 2 aliphatic heterocycles. The summed E-state index contributed by atoms with van der Waals surface area (Å²) in [6.45, 7) is 11.1. The molecule has 4 N–H and O–H groups in total. The highest BCUT2D eigenvalue weighted by Gasteiger charge is 2.31. The number of nitrogens with one attached hydrogen (secondary N) is 1. The van der Waals surface area contributed by atoms with Gasteiger partial charge in [0.2, 0.25) is 11.8 Å². The number of aliphatic hydroxyl groups excluding tert-OH is 1. The number of para-hydroxylation sites is 4. The predicted octanol–water partition coefficient (Wildman–Crippen LogP) is 5.20. The molecule has 16 nitrogen and oxygen atoms in total. The number of hydrogen-bond donors (Lipinski definition) is 3. The molecule has 62 heavy (non-hydrogen) atoms. The van der Waals surface area contributed by atoms with Crippen LogP contribution in [0.3, 0.4) is 0 Å². The first-order valence-electron chi connectivity index (χ1n) is 22.1. The quantitative estimate of drug-likeness (QED) is 0.112. The lowest BCUT2D eigenvalue weighted by atomic mass is 9.96. The number of imidazole rings is 2. The van der Waals surface area contributed by atoms with E-state index in [9.17, 15) is 19.5 Å². The smallest absolute Gasteiger partial charge is 0.407 e. The number of carbonyl (C=O) groups is 3. The molecule has 0 saturated carbocycles. The Morgan fingerprint density at radius 3 is 1.71 bits per heavy atom. The summed E-state index contributed by atoms with van der Waals surface area (Å²) < 4.78 is 25.4. The van der Waals surface area contributed by atoms with Crippen LogP contribution in [0.25, 0.3) is 22.1 Å². The molecular weight excluding hydrogens is 793 g/mol. The zero-order valence-corrected chi connectivity index (χ0v) is 37.7. The van der Waals surface area contributed by atoms with Crippen LogP contribution < -0.4 is 11.1 Å². The van der Waals surface area contributed by atoms with Crippen LogP contribution >= 0.6 is 0 Å². The average Bonchev–Trinajstić information content (AvgIpc) is 3.82. The van der Waals surface area contributed by atoms with E-state index >= 15 is 0 Å². The van der Waals surface area contributed by atoms with Crippen molar-refractivity contribution in [1.82, 2.24) is 34.2 Å². The number of alkyl carbamates (subject to hydrolysis) is 1. The van der Waals surface area contributed by atoms with Gasteiger partial charge in [-0.05, 0) is 83.6 Å². The van der Waals surface area contributed by atoms with Gasteiger partial charge >= 0.3 is 6.09 Å². The topological polar surface area (TPSA) is 189 Å². The van der Waals surface area contributed by atoms with Crippen molar-refractivity contribution in [2.75, 3.05) is 73.9 Å². The van der Waals surface area contributed by atoms with Gasteiger partial charge in [0.15, 0.2) is 0 Å². The predicted molar refractivity (Wildman–Crippen MR) is 239 cm³/mol. The number of piperidine rings is 2. The van der Waals surface area contributed by atoms with Gasteiger partial charge in [0.05, 0.1) is 41.3 Å². The van der Waals surface area contributed by atoms with E-state index in [1.807, 2.05) is 34.1 Å². The normalized spacial score (nSPS) is 18.0. The van der Waals surface area contributed by atoms with E-state index in [0.717, 1.165) is 98.5 Å². The lowest BCUT2D eigenvalue weighted by Crippen LogP contribution is -2.46. The van der Waals surface area contributed by atoms with Crippen LogP contribution in [0.5, 0.6) is 0 Å². The Morgan fingerprint density at radius 1 is 0.774 bits per heavy atom. The van der Waals surface area contributed by atoms with Gasteiger partial charge in [-0.3, -0.25) is 9.59 Å². The Labute approximate surface area is 366 Å². The first kappa shape index (κ1) is 48.4. The molecule has 0 unspecified atom stereocenters. The van der Waals surface area contributed by atoms with Gasteiger partial charge in [-0.25, -0.2) is 14.8 Å². The summed E-state index contributed by atoms with van der Waals surface area (Å²) in [4.78, 5) is 51.4. The number of aromatic nitrogens is 4. The van der Waals surface area contributed by atoms with E-state index in [2.05, 4.69) is 38.7 Å². The minimum atomic E-state index is -0.693. The Bertz CT molecular complexity index is 2030. The molecule has 2 saturated heterocycles. The minimum absolute atomic E-state index is 0.0206.